The maximum atomic E-state index is 11.2. The first-order chi connectivity index (χ1) is 8.76. The molecule has 1 amide bonds. The average Bonchev–Trinajstić information content (AvgIpc) is 2.35. The fourth-order valence-corrected chi connectivity index (χ4v) is 1.31. The summed E-state index contributed by atoms with van der Waals surface area (Å²) in [7, 11) is 0. The summed E-state index contributed by atoms with van der Waals surface area (Å²) in [5.74, 6) is 4.79. The standard InChI is InChI=1S/C11H17N5O3/c1-11(2,10(12)17)6-14-7-3-8(15-13)5-9(4-7)16(18)19/h3-5,14-15H,6,13H2,1-2H3,(H2,12,17). The van der Waals surface area contributed by atoms with E-state index in [1.807, 2.05) is 0 Å². The normalized spacial score (nSPS) is 10.9. The fraction of sp³-hybridized carbons (Fsp3) is 0.364. The molecule has 0 unspecified atom stereocenters. The molecule has 1 aromatic carbocycles. The summed E-state index contributed by atoms with van der Waals surface area (Å²) in [5.41, 5.74) is 7.61. The number of hydrazine groups is 1. The van der Waals surface area contributed by atoms with Crippen LogP contribution < -0.4 is 22.3 Å². The summed E-state index contributed by atoms with van der Waals surface area (Å²) in [6.07, 6.45) is 0. The molecule has 0 saturated carbocycles. The van der Waals surface area contributed by atoms with Gasteiger partial charge in [0, 0.05) is 24.4 Å². The van der Waals surface area contributed by atoms with E-state index in [1.54, 1.807) is 19.9 Å². The Balaban J connectivity index is 2.92. The number of primary amides is 1. The number of carbonyl (C=O) groups is 1. The molecule has 1 rings (SSSR count). The molecule has 0 aliphatic heterocycles. The number of nitro groups is 1. The first-order valence-corrected chi connectivity index (χ1v) is 5.56. The van der Waals surface area contributed by atoms with E-state index >= 15 is 0 Å². The van der Waals surface area contributed by atoms with Gasteiger partial charge in [-0.1, -0.05) is 0 Å². The molecule has 0 heterocycles. The van der Waals surface area contributed by atoms with Crippen molar-refractivity contribution in [1.29, 1.82) is 0 Å². The van der Waals surface area contributed by atoms with Crippen LogP contribution in [0.2, 0.25) is 0 Å². The number of nitrogen functional groups attached to an aromatic ring is 1. The number of nitro benzene ring substituents is 1. The second-order valence-electron chi connectivity index (χ2n) is 4.77. The molecule has 8 nitrogen and oxygen atoms in total. The van der Waals surface area contributed by atoms with Crippen LogP contribution in [0.5, 0.6) is 0 Å². The van der Waals surface area contributed by atoms with Crippen LogP contribution in [-0.4, -0.2) is 17.4 Å². The Hall–Kier alpha value is -2.35. The van der Waals surface area contributed by atoms with Gasteiger partial charge in [0.2, 0.25) is 5.91 Å². The lowest BCUT2D eigenvalue weighted by Gasteiger charge is -2.21. The topological polar surface area (TPSA) is 136 Å². The molecular weight excluding hydrogens is 250 g/mol. The maximum Gasteiger partial charge on any atom is 0.273 e. The highest BCUT2D eigenvalue weighted by Crippen LogP contribution is 2.25. The summed E-state index contributed by atoms with van der Waals surface area (Å²) in [6.45, 7) is 3.62. The molecule has 6 N–H and O–H groups in total. The van der Waals surface area contributed by atoms with E-state index in [9.17, 15) is 14.9 Å². The van der Waals surface area contributed by atoms with E-state index in [-0.39, 0.29) is 12.2 Å². The zero-order valence-corrected chi connectivity index (χ0v) is 10.8. The lowest BCUT2D eigenvalue weighted by Crippen LogP contribution is -2.37. The van der Waals surface area contributed by atoms with Crippen LogP contribution in [0.25, 0.3) is 0 Å². The Labute approximate surface area is 110 Å². The summed E-state index contributed by atoms with van der Waals surface area (Å²) in [6, 6.07) is 4.27. The van der Waals surface area contributed by atoms with Crippen LogP contribution in [0, 0.1) is 15.5 Å². The number of non-ortho nitro benzene ring substituents is 1. The molecule has 104 valence electrons. The highest BCUT2D eigenvalue weighted by Gasteiger charge is 2.24. The molecule has 8 heteroatoms. The van der Waals surface area contributed by atoms with Gasteiger partial charge in [-0.25, -0.2) is 0 Å². The van der Waals surface area contributed by atoms with Crippen molar-refractivity contribution in [3.05, 3.63) is 28.3 Å². The molecular formula is C11H17N5O3. The van der Waals surface area contributed by atoms with Crippen molar-refractivity contribution < 1.29 is 9.72 Å². The van der Waals surface area contributed by atoms with Crippen molar-refractivity contribution in [3.63, 3.8) is 0 Å². The summed E-state index contributed by atoms with van der Waals surface area (Å²) in [5, 5.41) is 13.7. The number of nitrogens with one attached hydrogen (secondary N) is 2. The SMILES string of the molecule is CC(C)(CNc1cc(NN)cc([N+](=O)[O-])c1)C(N)=O. The van der Waals surface area contributed by atoms with E-state index in [0.29, 0.717) is 11.4 Å². The van der Waals surface area contributed by atoms with E-state index in [1.165, 1.54) is 12.1 Å². The smallest absolute Gasteiger partial charge is 0.273 e. The number of nitrogens with two attached hydrogens (primary N) is 2. The molecule has 1 aromatic rings. The molecule has 0 radical (unpaired) electrons. The highest BCUT2D eigenvalue weighted by molar-refractivity contribution is 5.80. The molecule has 19 heavy (non-hydrogen) atoms. The Bertz CT molecular complexity index is 501. The quantitative estimate of drug-likeness (QED) is 0.342. The number of amides is 1. The van der Waals surface area contributed by atoms with Crippen LogP contribution in [-0.2, 0) is 4.79 Å². The van der Waals surface area contributed by atoms with E-state index in [0.717, 1.165) is 0 Å². The van der Waals surface area contributed by atoms with E-state index in [4.69, 9.17) is 11.6 Å². The summed E-state index contributed by atoms with van der Waals surface area (Å²) >= 11 is 0. The zero-order chi connectivity index (χ0) is 14.6. The molecule has 0 spiro atoms. The number of carbonyl (C=O) groups excluding carboxylic acids is 1. The van der Waals surface area contributed by atoms with Crippen LogP contribution in [0.15, 0.2) is 18.2 Å². The number of hydrogen-bond donors (Lipinski definition) is 4. The third-order valence-corrected chi connectivity index (χ3v) is 2.70. The maximum absolute atomic E-state index is 11.2. The van der Waals surface area contributed by atoms with Gasteiger partial charge in [0.15, 0.2) is 0 Å². The van der Waals surface area contributed by atoms with Crippen molar-refractivity contribution in [2.24, 2.45) is 17.0 Å². The van der Waals surface area contributed by atoms with Crippen molar-refractivity contribution >= 4 is 23.0 Å². The number of hydrogen-bond acceptors (Lipinski definition) is 6. The van der Waals surface area contributed by atoms with Crippen molar-refractivity contribution in [3.8, 4) is 0 Å². The molecule has 0 aliphatic carbocycles. The third kappa shape index (κ3) is 3.81. The molecule has 0 aromatic heterocycles. The Kier molecular flexibility index (Phi) is 4.28. The minimum atomic E-state index is -0.763. The van der Waals surface area contributed by atoms with Crippen molar-refractivity contribution in [2.45, 2.75) is 13.8 Å². The highest BCUT2D eigenvalue weighted by atomic mass is 16.6. The second-order valence-corrected chi connectivity index (χ2v) is 4.77. The van der Waals surface area contributed by atoms with E-state index < -0.39 is 16.2 Å². The number of benzene rings is 1. The zero-order valence-electron chi connectivity index (χ0n) is 10.8. The molecule has 0 fully saturated rings. The van der Waals surface area contributed by atoms with Gasteiger partial charge in [-0.05, 0) is 19.9 Å². The third-order valence-electron chi connectivity index (χ3n) is 2.70. The molecule has 0 bridgehead atoms. The minimum Gasteiger partial charge on any atom is -0.384 e. The van der Waals surface area contributed by atoms with Gasteiger partial charge in [-0.3, -0.25) is 20.8 Å². The van der Waals surface area contributed by atoms with E-state index in [2.05, 4.69) is 10.7 Å². The van der Waals surface area contributed by atoms with Gasteiger partial charge in [0.1, 0.15) is 0 Å². The molecule has 0 atom stereocenters. The van der Waals surface area contributed by atoms with Crippen LogP contribution >= 0.6 is 0 Å². The number of rotatable bonds is 6. The Morgan fingerprint density at radius 2 is 1.95 bits per heavy atom. The second kappa shape index (κ2) is 5.53. The number of nitrogens with zero attached hydrogens (tertiary/aromatic N) is 1. The van der Waals surface area contributed by atoms with Gasteiger partial charge in [-0.15, -0.1) is 0 Å². The largest absolute Gasteiger partial charge is 0.384 e. The Morgan fingerprint density at radius 3 is 2.42 bits per heavy atom. The van der Waals surface area contributed by atoms with Crippen molar-refractivity contribution in [1.82, 2.24) is 0 Å². The average molecular weight is 267 g/mol. The van der Waals surface area contributed by atoms with Crippen LogP contribution in [0.3, 0.4) is 0 Å². The van der Waals surface area contributed by atoms with Crippen molar-refractivity contribution in [2.75, 3.05) is 17.3 Å². The predicted octanol–water partition coefficient (Wildman–Crippen LogP) is 0.804. The van der Waals surface area contributed by atoms with Gasteiger partial charge in [0.25, 0.3) is 5.69 Å². The lowest BCUT2D eigenvalue weighted by molar-refractivity contribution is -0.384. The number of anilines is 2. The fourth-order valence-electron chi connectivity index (χ4n) is 1.31. The first kappa shape index (κ1) is 14.7. The lowest BCUT2D eigenvalue weighted by atomic mass is 9.92. The minimum absolute atomic E-state index is 0.102. The Morgan fingerprint density at radius 1 is 1.37 bits per heavy atom. The monoisotopic (exact) mass is 267 g/mol. The first-order valence-electron chi connectivity index (χ1n) is 5.56. The van der Waals surface area contributed by atoms with Gasteiger partial charge in [-0.2, -0.15) is 0 Å². The predicted molar refractivity (Wildman–Crippen MR) is 72.4 cm³/mol. The molecule has 0 saturated heterocycles. The van der Waals surface area contributed by atoms with Crippen LogP contribution in [0.1, 0.15) is 13.8 Å². The summed E-state index contributed by atoms with van der Waals surface area (Å²) < 4.78 is 0. The van der Waals surface area contributed by atoms with Gasteiger partial charge >= 0.3 is 0 Å². The molecule has 0 aliphatic rings. The van der Waals surface area contributed by atoms with Gasteiger partial charge in [0.05, 0.1) is 16.0 Å². The summed E-state index contributed by atoms with van der Waals surface area (Å²) in [4.78, 5) is 21.4. The van der Waals surface area contributed by atoms with Gasteiger partial charge < -0.3 is 16.5 Å². The van der Waals surface area contributed by atoms with Crippen LogP contribution in [0.4, 0.5) is 17.1 Å².